The number of carbonyl (C=O) groups is 2. The summed E-state index contributed by atoms with van der Waals surface area (Å²) in [6, 6.07) is 12.0. The standard InChI is InChI=1S/C28H35N7O3/c1-4-38-28(37)34-16-11-20(12-17-34)24-6-5-15-35-25(24)30-27(31-35)29-22-9-7-21(8-10-22)26(36)33-18-13-23(14-19-33)32(2)3/h5-11,15,23H,4,12-14,16-19H2,1-3H3,(H,29,31). The third-order valence-electron chi connectivity index (χ3n) is 7.31. The molecular weight excluding hydrogens is 482 g/mol. The zero-order chi connectivity index (χ0) is 26.6. The number of amides is 2. The number of anilines is 2. The smallest absolute Gasteiger partial charge is 0.410 e. The fourth-order valence-corrected chi connectivity index (χ4v) is 5.10. The molecule has 0 saturated carbocycles. The predicted octanol–water partition coefficient (Wildman–Crippen LogP) is 3.88. The van der Waals surface area contributed by atoms with Gasteiger partial charge in [-0.25, -0.2) is 9.31 Å². The largest absolute Gasteiger partial charge is 0.450 e. The lowest BCUT2D eigenvalue weighted by Gasteiger charge is -2.35. The van der Waals surface area contributed by atoms with Crippen LogP contribution in [0.1, 0.15) is 42.1 Å². The van der Waals surface area contributed by atoms with Crippen LogP contribution < -0.4 is 5.32 Å². The molecule has 0 atom stereocenters. The van der Waals surface area contributed by atoms with Gasteiger partial charge in [-0.1, -0.05) is 6.08 Å². The van der Waals surface area contributed by atoms with Crippen molar-refractivity contribution in [3.05, 3.63) is 59.8 Å². The molecule has 0 aliphatic carbocycles. The predicted molar refractivity (Wildman–Crippen MR) is 147 cm³/mol. The average molecular weight is 518 g/mol. The van der Waals surface area contributed by atoms with E-state index in [9.17, 15) is 9.59 Å². The summed E-state index contributed by atoms with van der Waals surface area (Å²) in [5.74, 6) is 0.554. The topological polar surface area (TPSA) is 95.3 Å². The lowest BCUT2D eigenvalue weighted by molar-refractivity contribution is 0.0663. The zero-order valence-electron chi connectivity index (χ0n) is 22.3. The molecule has 3 aromatic rings. The van der Waals surface area contributed by atoms with Crippen molar-refractivity contribution in [2.45, 2.75) is 32.2 Å². The summed E-state index contributed by atoms with van der Waals surface area (Å²) in [7, 11) is 4.20. The Morgan fingerprint density at radius 1 is 1.08 bits per heavy atom. The van der Waals surface area contributed by atoms with E-state index in [1.807, 2.05) is 54.4 Å². The highest BCUT2D eigenvalue weighted by molar-refractivity contribution is 5.94. The van der Waals surface area contributed by atoms with E-state index < -0.39 is 0 Å². The first-order chi connectivity index (χ1) is 18.4. The van der Waals surface area contributed by atoms with E-state index in [1.165, 1.54) is 0 Å². The molecule has 38 heavy (non-hydrogen) atoms. The number of rotatable bonds is 6. The summed E-state index contributed by atoms with van der Waals surface area (Å²) in [6.07, 6.45) is 6.36. The number of pyridine rings is 1. The van der Waals surface area contributed by atoms with Crippen molar-refractivity contribution in [2.24, 2.45) is 0 Å². The molecule has 0 unspecified atom stereocenters. The van der Waals surface area contributed by atoms with Crippen LogP contribution in [0.3, 0.4) is 0 Å². The molecule has 1 fully saturated rings. The van der Waals surface area contributed by atoms with Gasteiger partial charge in [-0.05, 0) is 82.3 Å². The van der Waals surface area contributed by atoms with Crippen LogP contribution in [0, 0.1) is 0 Å². The number of carbonyl (C=O) groups excluding carboxylic acids is 2. The summed E-state index contributed by atoms with van der Waals surface area (Å²) in [5, 5.41) is 7.85. The van der Waals surface area contributed by atoms with Crippen molar-refractivity contribution in [1.29, 1.82) is 0 Å². The lowest BCUT2D eigenvalue weighted by Crippen LogP contribution is -2.44. The Balaban J connectivity index is 1.25. The maximum absolute atomic E-state index is 13.0. The Bertz CT molecular complexity index is 1320. The molecule has 1 saturated heterocycles. The van der Waals surface area contributed by atoms with E-state index in [4.69, 9.17) is 9.72 Å². The van der Waals surface area contributed by atoms with Crippen LogP contribution in [0.15, 0.2) is 48.7 Å². The van der Waals surface area contributed by atoms with Crippen molar-refractivity contribution in [3.8, 4) is 0 Å². The van der Waals surface area contributed by atoms with Gasteiger partial charge in [0.25, 0.3) is 5.91 Å². The maximum atomic E-state index is 13.0. The van der Waals surface area contributed by atoms with Crippen LogP contribution in [-0.4, -0.2) is 94.2 Å². The van der Waals surface area contributed by atoms with Crippen molar-refractivity contribution < 1.29 is 14.3 Å². The van der Waals surface area contributed by atoms with Crippen molar-refractivity contribution in [1.82, 2.24) is 29.3 Å². The molecule has 1 N–H and O–H groups in total. The maximum Gasteiger partial charge on any atom is 0.410 e. The Labute approximate surface area is 222 Å². The van der Waals surface area contributed by atoms with Gasteiger partial charge in [-0.3, -0.25) is 4.79 Å². The Hall–Kier alpha value is -3.92. The number of aromatic nitrogens is 3. The number of nitrogens with one attached hydrogen (secondary N) is 1. The minimum Gasteiger partial charge on any atom is -0.450 e. The molecule has 5 rings (SSSR count). The highest BCUT2D eigenvalue weighted by Gasteiger charge is 2.25. The van der Waals surface area contributed by atoms with Gasteiger partial charge in [-0.15, -0.1) is 5.10 Å². The van der Waals surface area contributed by atoms with Crippen LogP contribution in [0.2, 0.25) is 0 Å². The molecule has 200 valence electrons. The minimum absolute atomic E-state index is 0.0755. The van der Waals surface area contributed by atoms with E-state index in [1.54, 1.807) is 9.42 Å². The molecule has 1 aromatic carbocycles. The van der Waals surface area contributed by atoms with E-state index in [2.05, 4.69) is 35.5 Å². The van der Waals surface area contributed by atoms with E-state index in [0.717, 1.165) is 54.8 Å². The van der Waals surface area contributed by atoms with Crippen LogP contribution in [0.25, 0.3) is 11.2 Å². The number of fused-ring (bicyclic) bond motifs is 1. The van der Waals surface area contributed by atoms with Crippen LogP contribution >= 0.6 is 0 Å². The van der Waals surface area contributed by atoms with Gasteiger partial charge in [0.05, 0.1) is 6.61 Å². The molecule has 0 radical (unpaired) electrons. The van der Waals surface area contributed by atoms with Gasteiger partial charge in [0.2, 0.25) is 5.95 Å². The second-order valence-electron chi connectivity index (χ2n) is 9.94. The quantitative estimate of drug-likeness (QED) is 0.530. The molecule has 2 aliphatic rings. The first-order valence-corrected chi connectivity index (χ1v) is 13.2. The molecule has 10 heteroatoms. The van der Waals surface area contributed by atoms with Crippen LogP contribution in [0.4, 0.5) is 16.4 Å². The number of nitrogens with zero attached hydrogens (tertiary/aromatic N) is 6. The number of piperidine rings is 1. The van der Waals surface area contributed by atoms with Crippen molar-refractivity contribution >= 4 is 34.9 Å². The highest BCUT2D eigenvalue weighted by Crippen LogP contribution is 2.27. The van der Waals surface area contributed by atoms with Crippen LogP contribution in [0.5, 0.6) is 0 Å². The average Bonchev–Trinajstić information content (AvgIpc) is 3.36. The summed E-state index contributed by atoms with van der Waals surface area (Å²) < 4.78 is 6.87. The molecular formula is C28H35N7O3. The summed E-state index contributed by atoms with van der Waals surface area (Å²) in [6.45, 7) is 4.86. The summed E-state index contributed by atoms with van der Waals surface area (Å²) in [4.78, 5) is 35.6. The van der Waals surface area contributed by atoms with E-state index in [0.29, 0.717) is 37.3 Å². The van der Waals surface area contributed by atoms with E-state index in [-0.39, 0.29) is 12.0 Å². The normalized spacial score (nSPS) is 16.6. The number of ether oxygens (including phenoxy) is 1. The molecule has 2 aliphatic heterocycles. The van der Waals surface area contributed by atoms with Crippen LogP contribution in [-0.2, 0) is 4.74 Å². The van der Waals surface area contributed by atoms with Gasteiger partial charge in [0.15, 0.2) is 5.65 Å². The number of hydrogen-bond acceptors (Lipinski definition) is 7. The second-order valence-corrected chi connectivity index (χ2v) is 9.94. The fourth-order valence-electron chi connectivity index (χ4n) is 5.10. The SMILES string of the molecule is CCOC(=O)N1CC=C(c2cccn3nc(Nc4ccc(C(=O)N5CCC(N(C)C)CC5)cc4)nc23)CC1. The third-order valence-corrected chi connectivity index (χ3v) is 7.31. The second kappa shape index (κ2) is 11.2. The van der Waals surface area contributed by atoms with Gasteiger partial charge in [0.1, 0.15) is 0 Å². The molecule has 2 amide bonds. The first kappa shape index (κ1) is 25.7. The molecule has 2 aromatic heterocycles. The Morgan fingerprint density at radius 2 is 1.84 bits per heavy atom. The molecule has 0 spiro atoms. The highest BCUT2D eigenvalue weighted by atomic mass is 16.6. The Kier molecular flexibility index (Phi) is 7.59. The van der Waals surface area contributed by atoms with Gasteiger partial charge in [0, 0.05) is 55.2 Å². The number of hydrogen-bond donors (Lipinski definition) is 1. The third kappa shape index (κ3) is 5.50. The Morgan fingerprint density at radius 3 is 2.50 bits per heavy atom. The zero-order valence-corrected chi connectivity index (χ0v) is 22.3. The van der Waals surface area contributed by atoms with E-state index >= 15 is 0 Å². The summed E-state index contributed by atoms with van der Waals surface area (Å²) >= 11 is 0. The summed E-state index contributed by atoms with van der Waals surface area (Å²) in [5.41, 5.74) is 4.37. The molecule has 10 nitrogen and oxygen atoms in total. The monoisotopic (exact) mass is 517 g/mol. The molecule has 0 bridgehead atoms. The first-order valence-electron chi connectivity index (χ1n) is 13.2. The lowest BCUT2D eigenvalue weighted by atomic mass is 10.0. The fraction of sp³-hybridized carbons (Fsp3) is 0.429. The molecule has 4 heterocycles. The number of likely N-dealkylation sites (tertiary alicyclic amines) is 1. The van der Waals surface area contributed by atoms with Crippen molar-refractivity contribution in [2.75, 3.05) is 52.2 Å². The minimum atomic E-state index is -0.281. The number of benzene rings is 1. The van der Waals surface area contributed by atoms with Gasteiger partial charge >= 0.3 is 6.09 Å². The van der Waals surface area contributed by atoms with Gasteiger partial charge < -0.3 is 24.8 Å². The van der Waals surface area contributed by atoms with Gasteiger partial charge in [-0.2, -0.15) is 4.98 Å². The van der Waals surface area contributed by atoms with Crippen molar-refractivity contribution in [3.63, 3.8) is 0 Å².